The zero-order valence-electron chi connectivity index (χ0n) is 18.6. The Morgan fingerprint density at radius 1 is 1.12 bits per heavy atom. The molecule has 0 saturated heterocycles. The van der Waals surface area contributed by atoms with Crippen molar-refractivity contribution in [1.82, 2.24) is 14.5 Å². The van der Waals surface area contributed by atoms with E-state index in [9.17, 15) is 9.59 Å². The summed E-state index contributed by atoms with van der Waals surface area (Å²) in [6.45, 7) is 4.02. The number of imidazole rings is 1. The van der Waals surface area contributed by atoms with Crippen LogP contribution in [0.3, 0.4) is 0 Å². The first-order valence-electron chi connectivity index (χ1n) is 11.0. The minimum atomic E-state index is -0.282. The molecule has 1 N–H and O–H groups in total. The predicted octanol–water partition coefficient (Wildman–Crippen LogP) is 5.82. The maximum absolute atomic E-state index is 13.0. The first-order chi connectivity index (χ1) is 15.8. The summed E-state index contributed by atoms with van der Waals surface area (Å²) in [5.74, 6) is 0.336. The van der Waals surface area contributed by atoms with E-state index in [1.54, 1.807) is 33.7 Å². The lowest BCUT2D eigenvalue weighted by Gasteiger charge is -2.22. The van der Waals surface area contributed by atoms with E-state index in [1.807, 2.05) is 44.3 Å². The van der Waals surface area contributed by atoms with Gasteiger partial charge in [0.15, 0.2) is 0 Å². The first kappa shape index (κ1) is 23.3. The summed E-state index contributed by atoms with van der Waals surface area (Å²) in [6.07, 6.45) is 4.15. The minimum Gasteiger partial charge on any atom is -0.330 e. The van der Waals surface area contributed by atoms with Gasteiger partial charge in [-0.2, -0.15) is 0 Å². The number of hydrogen-bond acceptors (Lipinski definition) is 3. The molecule has 1 aliphatic rings. The average molecular weight is 485 g/mol. The van der Waals surface area contributed by atoms with Crippen LogP contribution in [0.5, 0.6) is 0 Å². The number of aromatic nitrogens is 2. The molecule has 6 nitrogen and oxygen atoms in total. The second-order valence-electron chi connectivity index (χ2n) is 8.71. The Labute approximate surface area is 203 Å². The van der Waals surface area contributed by atoms with Crippen LogP contribution in [-0.4, -0.2) is 38.9 Å². The Bertz CT molecular complexity index is 1150. The number of benzene rings is 2. The number of nitrogens with one attached hydrogen (secondary N) is 1. The largest absolute Gasteiger partial charge is 0.330 e. The highest BCUT2D eigenvalue weighted by Crippen LogP contribution is 2.29. The Kier molecular flexibility index (Phi) is 7.05. The summed E-state index contributed by atoms with van der Waals surface area (Å²) in [5.41, 5.74) is 2.31. The summed E-state index contributed by atoms with van der Waals surface area (Å²) in [7, 11) is 0. The van der Waals surface area contributed by atoms with Gasteiger partial charge in [0.05, 0.1) is 5.69 Å². The van der Waals surface area contributed by atoms with Gasteiger partial charge in [0.2, 0.25) is 17.8 Å². The number of nitrogens with zero attached hydrogens (tertiary/aromatic N) is 3. The monoisotopic (exact) mass is 484 g/mol. The van der Waals surface area contributed by atoms with E-state index >= 15 is 0 Å². The van der Waals surface area contributed by atoms with Gasteiger partial charge >= 0.3 is 0 Å². The van der Waals surface area contributed by atoms with Gasteiger partial charge in [-0.25, -0.2) is 4.98 Å². The van der Waals surface area contributed by atoms with E-state index in [4.69, 9.17) is 23.2 Å². The lowest BCUT2D eigenvalue weighted by molar-refractivity contribution is -0.135. The number of rotatable bonds is 8. The number of halogens is 2. The summed E-state index contributed by atoms with van der Waals surface area (Å²) < 4.78 is 1.78. The van der Waals surface area contributed by atoms with Crippen LogP contribution in [0.1, 0.15) is 33.1 Å². The molecule has 0 spiro atoms. The zero-order chi connectivity index (χ0) is 23.5. The highest BCUT2D eigenvalue weighted by Gasteiger charge is 2.34. The van der Waals surface area contributed by atoms with Crippen molar-refractivity contribution in [2.45, 2.75) is 39.2 Å². The molecule has 4 rings (SSSR count). The lowest BCUT2D eigenvalue weighted by Crippen LogP contribution is -2.40. The molecule has 2 amide bonds. The van der Waals surface area contributed by atoms with E-state index in [2.05, 4.69) is 10.3 Å². The molecule has 1 fully saturated rings. The predicted molar refractivity (Wildman–Crippen MR) is 132 cm³/mol. The molecule has 33 heavy (non-hydrogen) atoms. The normalized spacial score (nSPS) is 13.2. The van der Waals surface area contributed by atoms with Crippen molar-refractivity contribution in [2.24, 2.45) is 5.92 Å². The van der Waals surface area contributed by atoms with E-state index in [1.165, 1.54) is 0 Å². The fraction of sp³-hybridized carbons (Fsp3) is 0.320. The molecular weight excluding hydrogens is 459 g/mol. The van der Waals surface area contributed by atoms with Gasteiger partial charge in [-0.1, -0.05) is 55.2 Å². The topological polar surface area (TPSA) is 67.2 Å². The number of amides is 2. The van der Waals surface area contributed by atoms with Crippen LogP contribution in [0.15, 0.2) is 54.7 Å². The fourth-order valence-electron chi connectivity index (χ4n) is 3.64. The molecule has 1 saturated carbocycles. The quantitative estimate of drug-likeness (QED) is 0.437. The Morgan fingerprint density at radius 2 is 1.85 bits per heavy atom. The zero-order valence-corrected chi connectivity index (χ0v) is 20.1. The van der Waals surface area contributed by atoms with E-state index in [0.717, 1.165) is 24.1 Å². The Hall–Kier alpha value is -2.83. The third kappa shape index (κ3) is 5.95. The molecule has 0 bridgehead atoms. The fourth-order valence-corrected chi connectivity index (χ4v) is 3.95. The number of hydrogen-bond donors (Lipinski definition) is 1. The highest BCUT2D eigenvalue weighted by atomic mass is 35.5. The molecule has 0 aliphatic heterocycles. The molecule has 1 aliphatic carbocycles. The number of carbonyl (C=O) groups is 2. The van der Waals surface area contributed by atoms with Gasteiger partial charge in [-0.15, -0.1) is 0 Å². The van der Waals surface area contributed by atoms with Crippen LogP contribution in [0.4, 0.5) is 5.95 Å². The van der Waals surface area contributed by atoms with Gasteiger partial charge < -0.3 is 4.90 Å². The lowest BCUT2D eigenvalue weighted by atomic mass is 10.1. The van der Waals surface area contributed by atoms with Crippen molar-refractivity contribution in [3.8, 4) is 16.9 Å². The standard InChI is InChI=1S/C25H26Cl2N4O2/c1-16(2)12-24(33)30(20-10-11-20)15-23(32)29-25-28-22(17-6-8-18(26)9-7-17)14-31(25)21-5-3-4-19(27)13-21/h3-9,13-14,16,20H,10-12,15H2,1-2H3,(H,28,29,32). The summed E-state index contributed by atoms with van der Waals surface area (Å²) >= 11 is 12.2. The van der Waals surface area contributed by atoms with Crippen molar-refractivity contribution in [1.29, 1.82) is 0 Å². The third-order valence-electron chi connectivity index (χ3n) is 5.39. The number of carbonyl (C=O) groups excluding carboxylic acids is 2. The molecule has 1 heterocycles. The van der Waals surface area contributed by atoms with Gasteiger partial charge in [0, 0.05) is 40.0 Å². The van der Waals surface area contributed by atoms with Gasteiger partial charge in [-0.05, 0) is 49.1 Å². The molecule has 1 aromatic heterocycles. The van der Waals surface area contributed by atoms with Gasteiger partial charge in [-0.3, -0.25) is 19.5 Å². The maximum atomic E-state index is 13.0. The molecule has 172 valence electrons. The van der Waals surface area contributed by atoms with Crippen molar-refractivity contribution < 1.29 is 9.59 Å². The van der Waals surface area contributed by atoms with Crippen LogP contribution >= 0.6 is 23.2 Å². The van der Waals surface area contributed by atoms with Crippen LogP contribution in [-0.2, 0) is 9.59 Å². The molecule has 0 atom stereocenters. The van der Waals surface area contributed by atoms with Crippen molar-refractivity contribution in [3.05, 3.63) is 64.8 Å². The SMILES string of the molecule is CC(C)CC(=O)N(CC(=O)Nc1nc(-c2ccc(Cl)cc2)cn1-c1cccc(Cl)c1)C1CC1. The molecule has 3 aromatic rings. The summed E-state index contributed by atoms with van der Waals surface area (Å²) in [5, 5.41) is 4.11. The van der Waals surface area contributed by atoms with Crippen molar-refractivity contribution in [3.63, 3.8) is 0 Å². The molecule has 0 radical (unpaired) electrons. The highest BCUT2D eigenvalue weighted by molar-refractivity contribution is 6.31. The molecule has 0 unspecified atom stereocenters. The van der Waals surface area contributed by atoms with Gasteiger partial charge in [0.1, 0.15) is 6.54 Å². The first-order valence-corrected chi connectivity index (χ1v) is 11.8. The van der Waals surface area contributed by atoms with E-state index in [0.29, 0.717) is 28.1 Å². The van der Waals surface area contributed by atoms with Gasteiger partial charge in [0.25, 0.3) is 0 Å². The Balaban J connectivity index is 1.60. The molecular formula is C25H26Cl2N4O2. The van der Waals surface area contributed by atoms with Crippen LogP contribution in [0.25, 0.3) is 16.9 Å². The summed E-state index contributed by atoms with van der Waals surface area (Å²) in [4.78, 5) is 32.0. The third-order valence-corrected chi connectivity index (χ3v) is 5.88. The second-order valence-corrected chi connectivity index (χ2v) is 9.58. The smallest absolute Gasteiger partial charge is 0.246 e. The Morgan fingerprint density at radius 3 is 2.48 bits per heavy atom. The van der Waals surface area contributed by atoms with Crippen molar-refractivity contribution in [2.75, 3.05) is 11.9 Å². The van der Waals surface area contributed by atoms with E-state index in [-0.39, 0.29) is 30.3 Å². The van der Waals surface area contributed by atoms with Crippen LogP contribution in [0.2, 0.25) is 10.0 Å². The maximum Gasteiger partial charge on any atom is 0.246 e. The average Bonchev–Trinajstić information content (AvgIpc) is 3.52. The van der Waals surface area contributed by atoms with Crippen LogP contribution < -0.4 is 5.32 Å². The molecule has 2 aromatic carbocycles. The van der Waals surface area contributed by atoms with E-state index < -0.39 is 0 Å². The molecule has 8 heteroatoms. The second kappa shape index (κ2) is 9.98. The van der Waals surface area contributed by atoms with Crippen molar-refractivity contribution >= 4 is 41.0 Å². The van der Waals surface area contributed by atoms with Crippen LogP contribution in [0, 0.1) is 5.92 Å². The summed E-state index contributed by atoms with van der Waals surface area (Å²) in [6, 6.07) is 14.8. The number of anilines is 1. The minimum absolute atomic E-state index is 0.00883.